The van der Waals surface area contributed by atoms with Gasteiger partial charge in [-0.25, -0.2) is 0 Å². The molecule has 0 unspecified atom stereocenters. The van der Waals surface area contributed by atoms with Crippen molar-refractivity contribution in [1.82, 2.24) is 14.8 Å². The molecule has 0 aliphatic rings. The minimum atomic E-state index is -0.144. The van der Waals surface area contributed by atoms with Crippen molar-refractivity contribution in [2.45, 2.75) is 32.2 Å². The molecule has 0 radical (unpaired) electrons. The second-order valence-electron chi connectivity index (χ2n) is 7.85. The Balaban J connectivity index is 1.47. The molecule has 6 nitrogen and oxygen atoms in total. The lowest BCUT2D eigenvalue weighted by Gasteiger charge is -2.12. The van der Waals surface area contributed by atoms with E-state index in [0.29, 0.717) is 28.2 Å². The van der Waals surface area contributed by atoms with Gasteiger partial charge in [-0.3, -0.25) is 9.36 Å². The number of carbonyl (C=O) groups excluding carboxylic acids is 1. The van der Waals surface area contributed by atoms with Crippen LogP contribution in [0.3, 0.4) is 0 Å². The number of benzene rings is 3. The number of halogens is 1. The first-order chi connectivity index (χ1) is 16.5. The smallest absolute Gasteiger partial charge is 0.234 e. The van der Waals surface area contributed by atoms with Gasteiger partial charge in [-0.15, -0.1) is 10.2 Å². The van der Waals surface area contributed by atoms with Crippen molar-refractivity contribution in [3.8, 4) is 5.75 Å². The number of anilines is 1. The quantitative estimate of drug-likeness (QED) is 0.294. The zero-order valence-electron chi connectivity index (χ0n) is 19.0. The number of aryl methyl sites for hydroxylation is 2. The molecule has 0 bridgehead atoms. The fourth-order valence-electron chi connectivity index (χ4n) is 3.30. The van der Waals surface area contributed by atoms with Crippen molar-refractivity contribution in [3.05, 3.63) is 100 Å². The fraction of sp³-hybridized carbons (Fsp3) is 0.192. The number of ether oxygens (including phenoxy) is 1. The Morgan fingerprint density at radius 1 is 1.00 bits per heavy atom. The van der Waals surface area contributed by atoms with Crippen LogP contribution in [0.5, 0.6) is 5.75 Å². The maximum Gasteiger partial charge on any atom is 0.234 e. The van der Waals surface area contributed by atoms with E-state index in [9.17, 15) is 4.79 Å². The highest BCUT2D eigenvalue weighted by Gasteiger charge is 2.16. The van der Waals surface area contributed by atoms with Crippen molar-refractivity contribution in [2.75, 3.05) is 11.1 Å². The Kier molecular flexibility index (Phi) is 7.87. The number of rotatable bonds is 9. The van der Waals surface area contributed by atoms with Gasteiger partial charge < -0.3 is 10.1 Å². The van der Waals surface area contributed by atoms with Crippen molar-refractivity contribution in [2.24, 2.45) is 0 Å². The molecule has 0 aliphatic carbocycles. The molecule has 174 valence electrons. The fourth-order valence-corrected chi connectivity index (χ4v) is 4.25. The molecule has 34 heavy (non-hydrogen) atoms. The van der Waals surface area contributed by atoms with E-state index in [1.165, 1.54) is 22.9 Å². The highest BCUT2D eigenvalue weighted by Crippen LogP contribution is 2.22. The minimum Gasteiger partial charge on any atom is -0.486 e. The Hall–Kier alpha value is -3.29. The van der Waals surface area contributed by atoms with Crippen LogP contribution in [-0.2, 0) is 17.9 Å². The molecule has 0 saturated heterocycles. The number of aromatic nitrogens is 3. The molecule has 0 fully saturated rings. The average molecular weight is 493 g/mol. The van der Waals surface area contributed by atoms with Gasteiger partial charge in [0.25, 0.3) is 0 Å². The lowest BCUT2D eigenvalue weighted by Crippen LogP contribution is -2.15. The molecule has 1 aromatic heterocycles. The second-order valence-corrected chi connectivity index (χ2v) is 9.23. The molecule has 0 spiro atoms. The number of thioether (sulfide) groups is 1. The van der Waals surface area contributed by atoms with Gasteiger partial charge in [-0.1, -0.05) is 65.8 Å². The number of nitrogens with zero attached hydrogens (tertiary/aromatic N) is 3. The molecule has 4 rings (SSSR count). The number of nitrogens with one attached hydrogen (secondary N) is 1. The average Bonchev–Trinajstić information content (AvgIpc) is 3.20. The summed E-state index contributed by atoms with van der Waals surface area (Å²) in [5.41, 5.74) is 4.16. The zero-order chi connectivity index (χ0) is 23.9. The third-order valence-electron chi connectivity index (χ3n) is 5.26. The summed E-state index contributed by atoms with van der Waals surface area (Å²) in [4.78, 5) is 12.5. The van der Waals surface area contributed by atoms with Gasteiger partial charge in [0, 0.05) is 10.7 Å². The summed E-state index contributed by atoms with van der Waals surface area (Å²) >= 11 is 7.34. The molecule has 4 aromatic rings. The number of hydrogen-bond donors (Lipinski definition) is 1. The highest BCUT2D eigenvalue weighted by atomic mass is 35.5. The van der Waals surface area contributed by atoms with E-state index in [1.54, 1.807) is 24.3 Å². The van der Waals surface area contributed by atoms with Crippen LogP contribution in [0.25, 0.3) is 0 Å². The van der Waals surface area contributed by atoms with Crippen molar-refractivity contribution >= 4 is 35.0 Å². The van der Waals surface area contributed by atoms with E-state index in [1.807, 2.05) is 53.1 Å². The van der Waals surface area contributed by atoms with Crippen LogP contribution in [0.4, 0.5) is 5.69 Å². The van der Waals surface area contributed by atoms with Gasteiger partial charge in [0.2, 0.25) is 5.91 Å². The third kappa shape index (κ3) is 6.40. The van der Waals surface area contributed by atoms with E-state index in [0.717, 1.165) is 11.3 Å². The van der Waals surface area contributed by atoms with E-state index in [-0.39, 0.29) is 18.3 Å². The predicted octanol–water partition coefficient (Wildman–Crippen LogP) is 5.91. The summed E-state index contributed by atoms with van der Waals surface area (Å²) in [6, 6.07) is 23.2. The van der Waals surface area contributed by atoms with Crippen molar-refractivity contribution in [1.29, 1.82) is 0 Å². The minimum absolute atomic E-state index is 0.144. The number of amides is 1. The largest absolute Gasteiger partial charge is 0.486 e. The Bertz CT molecular complexity index is 1280. The summed E-state index contributed by atoms with van der Waals surface area (Å²) in [6.45, 7) is 4.99. The molecule has 8 heteroatoms. The van der Waals surface area contributed by atoms with Crippen LogP contribution < -0.4 is 10.1 Å². The molecule has 0 aliphatic heterocycles. The molecule has 0 atom stereocenters. The van der Waals surface area contributed by atoms with Crippen LogP contribution in [0.2, 0.25) is 5.02 Å². The topological polar surface area (TPSA) is 69.0 Å². The van der Waals surface area contributed by atoms with Crippen LogP contribution in [0, 0.1) is 13.8 Å². The Morgan fingerprint density at radius 2 is 1.82 bits per heavy atom. The summed E-state index contributed by atoms with van der Waals surface area (Å²) in [7, 11) is 0. The Labute approximate surface area is 208 Å². The first-order valence-corrected chi connectivity index (χ1v) is 12.2. The van der Waals surface area contributed by atoms with Crippen LogP contribution in [0.15, 0.2) is 78.0 Å². The van der Waals surface area contributed by atoms with Gasteiger partial charge in [-0.2, -0.15) is 0 Å². The maximum atomic E-state index is 12.5. The molecule has 1 amide bonds. The van der Waals surface area contributed by atoms with Crippen LogP contribution in [-0.4, -0.2) is 26.4 Å². The van der Waals surface area contributed by atoms with Crippen LogP contribution >= 0.6 is 23.4 Å². The lowest BCUT2D eigenvalue weighted by molar-refractivity contribution is -0.113. The second kappa shape index (κ2) is 11.2. The van der Waals surface area contributed by atoms with Gasteiger partial charge in [0.1, 0.15) is 12.4 Å². The van der Waals surface area contributed by atoms with Crippen molar-refractivity contribution < 1.29 is 9.53 Å². The monoisotopic (exact) mass is 492 g/mol. The van der Waals surface area contributed by atoms with E-state index in [2.05, 4.69) is 29.4 Å². The van der Waals surface area contributed by atoms with E-state index >= 15 is 0 Å². The third-order valence-corrected chi connectivity index (χ3v) is 6.47. The molecule has 1 heterocycles. The van der Waals surface area contributed by atoms with E-state index in [4.69, 9.17) is 16.3 Å². The summed E-state index contributed by atoms with van der Waals surface area (Å²) in [5.74, 6) is 1.53. The molecule has 1 N–H and O–H groups in total. The number of hydrogen-bond acceptors (Lipinski definition) is 5. The maximum absolute atomic E-state index is 12.5. The lowest BCUT2D eigenvalue weighted by atomic mass is 10.1. The molecule has 0 saturated carbocycles. The van der Waals surface area contributed by atoms with Crippen molar-refractivity contribution in [3.63, 3.8) is 0 Å². The SMILES string of the molecule is Cc1ccc(OCc2nnc(SCC(=O)Nc3cccc(Cl)c3)n2Cc2ccccc2)cc1C. The first-order valence-electron chi connectivity index (χ1n) is 10.8. The molecule has 3 aromatic carbocycles. The van der Waals surface area contributed by atoms with E-state index < -0.39 is 0 Å². The summed E-state index contributed by atoms with van der Waals surface area (Å²) < 4.78 is 8.00. The highest BCUT2D eigenvalue weighted by molar-refractivity contribution is 7.99. The van der Waals surface area contributed by atoms with Gasteiger partial charge >= 0.3 is 0 Å². The standard InChI is InChI=1S/C26H25ClN4O2S/c1-18-11-12-23(13-19(18)2)33-16-24-29-30-26(31(24)15-20-7-4-3-5-8-20)34-17-25(32)28-22-10-6-9-21(27)14-22/h3-14H,15-17H2,1-2H3,(H,28,32). The van der Waals surface area contributed by atoms with Gasteiger partial charge in [-0.05, 0) is 60.9 Å². The van der Waals surface area contributed by atoms with Crippen LogP contribution in [0.1, 0.15) is 22.5 Å². The summed E-state index contributed by atoms with van der Waals surface area (Å²) in [5, 5.41) is 12.8. The van der Waals surface area contributed by atoms with Gasteiger partial charge in [0.05, 0.1) is 12.3 Å². The first kappa shape index (κ1) is 23.9. The zero-order valence-corrected chi connectivity index (χ0v) is 20.6. The predicted molar refractivity (Wildman–Crippen MR) is 137 cm³/mol. The summed E-state index contributed by atoms with van der Waals surface area (Å²) in [6.07, 6.45) is 0. The van der Waals surface area contributed by atoms with Gasteiger partial charge in [0.15, 0.2) is 11.0 Å². The Morgan fingerprint density at radius 3 is 2.59 bits per heavy atom. The number of carbonyl (C=O) groups is 1. The molecular weight excluding hydrogens is 468 g/mol. The molecular formula is C26H25ClN4O2S. The normalized spacial score (nSPS) is 10.8.